The minimum absolute atomic E-state index is 0.263. The molecule has 1 amide bonds. The molecule has 1 aromatic carbocycles. The van der Waals surface area contributed by atoms with Crippen LogP contribution in [0, 0.1) is 0 Å². The van der Waals surface area contributed by atoms with E-state index in [0.717, 1.165) is 5.56 Å². The molecule has 1 unspecified atom stereocenters. The Bertz CT molecular complexity index is 483. The van der Waals surface area contributed by atoms with E-state index < -0.39 is 12.0 Å². The molecule has 0 fully saturated rings. The summed E-state index contributed by atoms with van der Waals surface area (Å²) in [5.41, 5.74) is 1.27. The lowest BCUT2D eigenvalue weighted by atomic mass is 9.93. The molecule has 0 radical (unpaired) electrons. The number of ether oxygens (including phenoxy) is 1. The fraction of sp³-hybridized carbons (Fsp3) is 0.333. The molecule has 1 aromatic rings. The van der Waals surface area contributed by atoms with Crippen molar-refractivity contribution in [2.75, 3.05) is 14.2 Å². The number of aliphatic carboxylic acids is 1. The molecule has 5 heteroatoms. The van der Waals surface area contributed by atoms with Crippen molar-refractivity contribution in [2.24, 2.45) is 0 Å². The molecule has 90 valence electrons. The summed E-state index contributed by atoms with van der Waals surface area (Å²) < 4.78 is 5.07. The van der Waals surface area contributed by atoms with E-state index in [2.05, 4.69) is 0 Å². The Morgan fingerprint density at radius 2 is 2.24 bits per heavy atom. The first-order valence-corrected chi connectivity index (χ1v) is 5.21. The quantitative estimate of drug-likeness (QED) is 0.822. The number of benzene rings is 1. The van der Waals surface area contributed by atoms with Crippen LogP contribution in [0.1, 0.15) is 15.9 Å². The number of hydrogen-bond donors (Lipinski definition) is 1. The molecule has 1 aliphatic heterocycles. The van der Waals surface area contributed by atoms with Crippen molar-refractivity contribution >= 4 is 11.9 Å². The number of hydrogen-bond acceptors (Lipinski definition) is 3. The average molecular weight is 235 g/mol. The fourth-order valence-electron chi connectivity index (χ4n) is 2.00. The number of carboxylic acid groups (broad SMARTS) is 1. The van der Waals surface area contributed by atoms with Crippen LogP contribution in [0.5, 0.6) is 5.75 Å². The molecule has 0 spiro atoms. The van der Waals surface area contributed by atoms with Gasteiger partial charge in [-0.15, -0.1) is 0 Å². The third kappa shape index (κ3) is 1.84. The van der Waals surface area contributed by atoms with Crippen LogP contribution in [0.3, 0.4) is 0 Å². The van der Waals surface area contributed by atoms with Crippen LogP contribution >= 0.6 is 0 Å². The van der Waals surface area contributed by atoms with E-state index in [1.165, 1.54) is 19.1 Å². The second-order valence-corrected chi connectivity index (χ2v) is 4.00. The van der Waals surface area contributed by atoms with Gasteiger partial charge in [0.25, 0.3) is 5.91 Å². The van der Waals surface area contributed by atoms with Gasteiger partial charge in [0.15, 0.2) is 0 Å². The normalized spacial score (nSPS) is 18.8. The maximum atomic E-state index is 12.0. The summed E-state index contributed by atoms with van der Waals surface area (Å²) in [5.74, 6) is -0.624. The van der Waals surface area contributed by atoms with Crippen molar-refractivity contribution in [1.29, 1.82) is 0 Å². The zero-order chi connectivity index (χ0) is 12.6. The topological polar surface area (TPSA) is 66.8 Å². The van der Waals surface area contributed by atoms with Crippen LogP contribution in [0.4, 0.5) is 0 Å². The average Bonchev–Trinajstić information content (AvgIpc) is 2.32. The lowest BCUT2D eigenvalue weighted by Gasteiger charge is -2.31. The van der Waals surface area contributed by atoms with Crippen molar-refractivity contribution < 1.29 is 19.4 Å². The molecule has 1 N–H and O–H groups in total. The number of likely N-dealkylation sites (N-methyl/N-ethyl adjacent to an activating group) is 1. The Balaban J connectivity index is 2.45. The van der Waals surface area contributed by atoms with E-state index in [9.17, 15) is 9.59 Å². The number of amides is 1. The van der Waals surface area contributed by atoms with E-state index in [1.54, 1.807) is 18.2 Å². The lowest BCUT2D eigenvalue weighted by molar-refractivity contribution is -0.142. The Hall–Kier alpha value is -2.04. The Kier molecular flexibility index (Phi) is 2.75. The summed E-state index contributed by atoms with van der Waals surface area (Å²) in [6.07, 6.45) is 0.310. The summed E-state index contributed by atoms with van der Waals surface area (Å²) in [6.45, 7) is 0. The molecule has 0 aliphatic carbocycles. The molecule has 2 rings (SSSR count). The highest BCUT2D eigenvalue weighted by Crippen LogP contribution is 2.26. The first-order chi connectivity index (χ1) is 8.04. The third-order valence-electron chi connectivity index (χ3n) is 3.03. The van der Waals surface area contributed by atoms with Gasteiger partial charge in [-0.2, -0.15) is 0 Å². The molecule has 1 aliphatic rings. The van der Waals surface area contributed by atoms with Gasteiger partial charge in [0.2, 0.25) is 0 Å². The summed E-state index contributed by atoms with van der Waals surface area (Å²) in [6, 6.07) is 4.29. The minimum Gasteiger partial charge on any atom is -0.497 e. The summed E-state index contributed by atoms with van der Waals surface area (Å²) in [4.78, 5) is 24.3. The smallest absolute Gasteiger partial charge is 0.326 e. The molecule has 17 heavy (non-hydrogen) atoms. The largest absolute Gasteiger partial charge is 0.497 e. The monoisotopic (exact) mass is 235 g/mol. The van der Waals surface area contributed by atoms with Gasteiger partial charge in [-0.1, -0.05) is 0 Å². The highest BCUT2D eigenvalue weighted by atomic mass is 16.5. The van der Waals surface area contributed by atoms with Gasteiger partial charge in [0.1, 0.15) is 11.8 Å². The summed E-state index contributed by atoms with van der Waals surface area (Å²) in [5, 5.41) is 9.05. The maximum Gasteiger partial charge on any atom is 0.326 e. The summed E-state index contributed by atoms with van der Waals surface area (Å²) in [7, 11) is 3.04. The Labute approximate surface area is 98.6 Å². The molecule has 0 aromatic heterocycles. The molecule has 5 nitrogen and oxygen atoms in total. The molecule has 0 saturated carbocycles. The number of nitrogens with zero attached hydrogens (tertiary/aromatic N) is 1. The Morgan fingerprint density at radius 3 is 2.82 bits per heavy atom. The first kappa shape index (κ1) is 11.4. The van der Waals surface area contributed by atoms with Gasteiger partial charge in [0, 0.05) is 19.0 Å². The van der Waals surface area contributed by atoms with Crippen molar-refractivity contribution in [3.8, 4) is 5.75 Å². The molecular weight excluding hydrogens is 222 g/mol. The predicted molar refractivity (Wildman–Crippen MR) is 60.2 cm³/mol. The van der Waals surface area contributed by atoms with E-state index >= 15 is 0 Å². The molecule has 1 heterocycles. The first-order valence-electron chi connectivity index (χ1n) is 5.21. The van der Waals surface area contributed by atoms with Crippen molar-refractivity contribution in [1.82, 2.24) is 4.90 Å². The van der Waals surface area contributed by atoms with E-state index in [4.69, 9.17) is 9.84 Å². The van der Waals surface area contributed by atoms with Crippen molar-refractivity contribution in [3.63, 3.8) is 0 Å². The number of rotatable bonds is 2. The van der Waals surface area contributed by atoms with Crippen LogP contribution in [0.2, 0.25) is 0 Å². The fourth-order valence-corrected chi connectivity index (χ4v) is 2.00. The number of fused-ring (bicyclic) bond motifs is 1. The number of carbonyl (C=O) groups is 2. The van der Waals surface area contributed by atoms with Gasteiger partial charge in [-0.25, -0.2) is 4.79 Å². The van der Waals surface area contributed by atoms with Crippen LogP contribution in [0.25, 0.3) is 0 Å². The van der Waals surface area contributed by atoms with Crippen LogP contribution in [-0.2, 0) is 11.2 Å². The zero-order valence-electron chi connectivity index (χ0n) is 9.64. The molecule has 1 atom stereocenters. The van der Waals surface area contributed by atoms with Gasteiger partial charge < -0.3 is 14.7 Å². The van der Waals surface area contributed by atoms with Gasteiger partial charge in [0.05, 0.1) is 7.11 Å². The van der Waals surface area contributed by atoms with Crippen LogP contribution < -0.4 is 4.74 Å². The second kappa shape index (κ2) is 4.08. The van der Waals surface area contributed by atoms with Gasteiger partial charge >= 0.3 is 5.97 Å². The predicted octanol–water partition coefficient (Wildman–Crippen LogP) is 0.776. The third-order valence-corrected chi connectivity index (χ3v) is 3.03. The summed E-state index contributed by atoms with van der Waals surface area (Å²) >= 11 is 0. The minimum atomic E-state index is -0.991. The van der Waals surface area contributed by atoms with E-state index in [0.29, 0.717) is 17.7 Å². The molecular formula is C12H13NO4. The highest BCUT2D eigenvalue weighted by Gasteiger charge is 2.34. The second-order valence-electron chi connectivity index (χ2n) is 4.00. The SMILES string of the molecule is COc1ccc2c(c1)CC(C(=O)O)N(C)C2=O. The number of methoxy groups -OCH3 is 1. The van der Waals surface area contributed by atoms with E-state index in [1.807, 2.05) is 0 Å². The van der Waals surface area contributed by atoms with E-state index in [-0.39, 0.29) is 5.91 Å². The Morgan fingerprint density at radius 1 is 1.53 bits per heavy atom. The number of carboxylic acids is 1. The van der Waals surface area contributed by atoms with Crippen molar-refractivity contribution in [2.45, 2.75) is 12.5 Å². The highest BCUT2D eigenvalue weighted by molar-refractivity contribution is 5.99. The standard InChI is InChI=1S/C12H13NO4/c1-13-10(12(15)16)6-7-5-8(17-2)3-4-9(7)11(13)14/h3-5,10H,6H2,1-2H3,(H,15,16). The molecule has 0 saturated heterocycles. The lowest BCUT2D eigenvalue weighted by Crippen LogP contribution is -2.47. The van der Waals surface area contributed by atoms with Gasteiger partial charge in [-0.05, 0) is 23.8 Å². The maximum absolute atomic E-state index is 12.0. The van der Waals surface area contributed by atoms with Gasteiger partial charge in [-0.3, -0.25) is 4.79 Å². The van der Waals surface area contributed by atoms with Crippen LogP contribution in [0.15, 0.2) is 18.2 Å². The molecule has 0 bridgehead atoms. The zero-order valence-corrected chi connectivity index (χ0v) is 9.64. The van der Waals surface area contributed by atoms with Crippen molar-refractivity contribution in [3.05, 3.63) is 29.3 Å². The van der Waals surface area contributed by atoms with Crippen LogP contribution in [-0.4, -0.2) is 42.1 Å². The number of carbonyl (C=O) groups excluding carboxylic acids is 1.